The summed E-state index contributed by atoms with van der Waals surface area (Å²) < 4.78 is 0. The summed E-state index contributed by atoms with van der Waals surface area (Å²) in [6.45, 7) is 8.52. The number of hydrogen-bond donors (Lipinski definition) is 0. The van der Waals surface area contributed by atoms with Crippen molar-refractivity contribution in [3.8, 4) is 0 Å². The van der Waals surface area contributed by atoms with Gasteiger partial charge in [-0.25, -0.2) is 0 Å². The highest BCUT2D eigenvalue weighted by atomic mass is 79.9. The third-order valence-electron chi connectivity index (χ3n) is 0.309. The van der Waals surface area contributed by atoms with Gasteiger partial charge in [0.25, 0.3) is 0 Å². The Hall–Kier alpha value is 0.960. The monoisotopic (exact) mass is 258 g/mol. The zero-order chi connectivity index (χ0) is 7.86. The van der Waals surface area contributed by atoms with E-state index in [1.807, 2.05) is 0 Å². The van der Waals surface area contributed by atoms with E-state index in [0.29, 0.717) is 4.83 Å². The van der Waals surface area contributed by atoms with Gasteiger partial charge >= 0.3 is 0 Å². The summed E-state index contributed by atoms with van der Waals surface area (Å²) in [5.41, 5.74) is 0. The van der Waals surface area contributed by atoms with Crippen LogP contribution in [-0.4, -0.2) is 10.2 Å². The van der Waals surface area contributed by atoms with Crippen molar-refractivity contribution in [2.75, 3.05) is 5.33 Å². The molecule has 0 atom stereocenters. The van der Waals surface area contributed by atoms with E-state index >= 15 is 0 Å². The number of hydrogen-bond acceptors (Lipinski definition) is 0. The van der Waals surface area contributed by atoms with Crippen LogP contribution in [0.2, 0.25) is 0 Å². The van der Waals surface area contributed by atoms with Crippen molar-refractivity contribution < 1.29 is 0 Å². The Morgan fingerprint density at radius 1 is 1.11 bits per heavy atom. The first kappa shape index (κ1) is 12.6. The molecule has 0 rings (SSSR count). The van der Waals surface area contributed by atoms with Crippen LogP contribution in [0.15, 0.2) is 0 Å². The SMILES string of the molecule is CC(C)Br.CC(C)CBr. The molecule has 0 fully saturated rings. The molecule has 0 aromatic heterocycles. The molecule has 0 saturated carbocycles. The minimum absolute atomic E-state index is 0.646. The second-order valence-corrected chi connectivity index (χ2v) is 5.04. The quantitative estimate of drug-likeness (QED) is 0.628. The van der Waals surface area contributed by atoms with Gasteiger partial charge in [0.2, 0.25) is 0 Å². The van der Waals surface area contributed by atoms with Gasteiger partial charge < -0.3 is 0 Å². The van der Waals surface area contributed by atoms with Crippen LogP contribution < -0.4 is 0 Å². The van der Waals surface area contributed by atoms with Gasteiger partial charge in [-0.1, -0.05) is 59.6 Å². The third-order valence-corrected chi connectivity index (χ3v) is 1.60. The lowest BCUT2D eigenvalue weighted by molar-refractivity contribution is 0.756. The first-order chi connectivity index (χ1) is 4.00. The summed E-state index contributed by atoms with van der Waals surface area (Å²) in [4.78, 5) is 0.646. The summed E-state index contributed by atoms with van der Waals surface area (Å²) >= 11 is 6.58. The van der Waals surface area contributed by atoms with E-state index in [1.165, 1.54) is 0 Å². The number of halogens is 2. The summed E-state index contributed by atoms with van der Waals surface area (Å²) in [5, 5.41) is 1.12. The van der Waals surface area contributed by atoms with E-state index in [2.05, 4.69) is 59.6 Å². The maximum absolute atomic E-state index is 3.31. The summed E-state index contributed by atoms with van der Waals surface area (Å²) in [5.74, 6) is 0.801. The standard InChI is InChI=1S/C4H9Br.C3H7Br/c1-4(2)3-5;1-3(2)4/h4H,3H2,1-2H3;3H,1-2H3. The van der Waals surface area contributed by atoms with Gasteiger partial charge in [0.15, 0.2) is 0 Å². The Bertz CT molecular complexity index is 39.4. The maximum atomic E-state index is 3.31. The molecule has 0 aromatic rings. The topological polar surface area (TPSA) is 0 Å². The predicted octanol–water partition coefficient (Wildman–Crippen LogP) is 3.83. The van der Waals surface area contributed by atoms with Crippen LogP contribution in [0.5, 0.6) is 0 Å². The predicted molar refractivity (Wildman–Crippen MR) is 52.7 cm³/mol. The zero-order valence-electron chi connectivity index (χ0n) is 6.62. The fourth-order valence-corrected chi connectivity index (χ4v) is 0. The highest BCUT2D eigenvalue weighted by Gasteiger charge is 1.81. The van der Waals surface area contributed by atoms with Crippen molar-refractivity contribution in [3.05, 3.63) is 0 Å². The van der Waals surface area contributed by atoms with Gasteiger partial charge in [0, 0.05) is 10.2 Å². The van der Waals surface area contributed by atoms with Crippen molar-refractivity contribution in [2.45, 2.75) is 32.5 Å². The van der Waals surface area contributed by atoms with Crippen LogP contribution in [0.1, 0.15) is 27.7 Å². The van der Waals surface area contributed by atoms with Gasteiger partial charge in [-0.05, 0) is 5.92 Å². The molecule has 0 N–H and O–H groups in total. The molecule has 0 unspecified atom stereocenters. The van der Waals surface area contributed by atoms with Gasteiger partial charge in [0.05, 0.1) is 0 Å². The molecule has 0 radical (unpaired) electrons. The van der Waals surface area contributed by atoms with Crippen LogP contribution in [-0.2, 0) is 0 Å². The molecule has 0 nitrogen and oxygen atoms in total. The molecule has 0 spiro atoms. The molecular formula is C7H16Br2. The molecular weight excluding hydrogens is 244 g/mol. The molecule has 0 aromatic carbocycles. The molecule has 0 bridgehead atoms. The van der Waals surface area contributed by atoms with Crippen molar-refractivity contribution in [3.63, 3.8) is 0 Å². The lowest BCUT2D eigenvalue weighted by Crippen LogP contribution is -1.82. The van der Waals surface area contributed by atoms with E-state index in [1.54, 1.807) is 0 Å². The van der Waals surface area contributed by atoms with Crippen LogP contribution in [0.25, 0.3) is 0 Å². The first-order valence-corrected chi connectivity index (χ1v) is 5.24. The third kappa shape index (κ3) is 49.5. The molecule has 0 amide bonds. The minimum atomic E-state index is 0.646. The first-order valence-electron chi connectivity index (χ1n) is 3.20. The van der Waals surface area contributed by atoms with E-state index in [-0.39, 0.29) is 0 Å². The average molecular weight is 260 g/mol. The normalized spacial score (nSPS) is 9.33. The molecule has 58 valence electrons. The molecule has 0 aliphatic rings. The lowest BCUT2D eigenvalue weighted by Gasteiger charge is -1.88. The summed E-state index contributed by atoms with van der Waals surface area (Å²) in [6, 6.07) is 0. The smallest absolute Gasteiger partial charge is 0.00888 e. The zero-order valence-corrected chi connectivity index (χ0v) is 9.79. The van der Waals surface area contributed by atoms with Crippen LogP contribution in [0, 0.1) is 5.92 Å². The van der Waals surface area contributed by atoms with Gasteiger partial charge in [-0.3, -0.25) is 0 Å². The van der Waals surface area contributed by atoms with Crippen molar-refractivity contribution in [1.29, 1.82) is 0 Å². The van der Waals surface area contributed by atoms with E-state index in [4.69, 9.17) is 0 Å². The highest BCUT2D eigenvalue weighted by Crippen LogP contribution is 1.94. The molecule has 9 heavy (non-hydrogen) atoms. The minimum Gasteiger partial charge on any atom is -0.0925 e. The number of alkyl halides is 2. The summed E-state index contributed by atoms with van der Waals surface area (Å²) in [6.07, 6.45) is 0. The van der Waals surface area contributed by atoms with Crippen molar-refractivity contribution in [2.24, 2.45) is 5.92 Å². The highest BCUT2D eigenvalue weighted by molar-refractivity contribution is 9.09. The number of rotatable bonds is 1. The van der Waals surface area contributed by atoms with Crippen molar-refractivity contribution in [1.82, 2.24) is 0 Å². The molecule has 0 saturated heterocycles. The molecule has 0 aliphatic heterocycles. The Morgan fingerprint density at radius 3 is 1.22 bits per heavy atom. The maximum Gasteiger partial charge on any atom is 0.00888 e. The fraction of sp³-hybridized carbons (Fsp3) is 1.00. The van der Waals surface area contributed by atoms with Crippen LogP contribution >= 0.6 is 31.9 Å². The summed E-state index contributed by atoms with van der Waals surface area (Å²) in [7, 11) is 0. The molecule has 0 aliphatic carbocycles. The lowest BCUT2D eigenvalue weighted by atomic mass is 10.3. The van der Waals surface area contributed by atoms with E-state index < -0.39 is 0 Å². The second kappa shape index (κ2) is 8.96. The van der Waals surface area contributed by atoms with Crippen LogP contribution in [0.3, 0.4) is 0 Å². The molecule has 2 heteroatoms. The Labute approximate surface area is 75.7 Å². The van der Waals surface area contributed by atoms with E-state index in [0.717, 1.165) is 11.2 Å². The van der Waals surface area contributed by atoms with Gasteiger partial charge in [-0.2, -0.15) is 0 Å². The largest absolute Gasteiger partial charge is 0.0925 e. The Morgan fingerprint density at radius 2 is 1.22 bits per heavy atom. The fourth-order valence-electron chi connectivity index (χ4n) is 0. The Balaban J connectivity index is 0. The van der Waals surface area contributed by atoms with Crippen LogP contribution in [0.4, 0.5) is 0 Å². The van der Waals surface area contributed by atoms with Crippen molar-refractivity contribution >= 4 is 31.9 Å². The van der Waals surface area contributed by atoms with E-state index in [9.17, 15) is 0 Å². The average Bonchev–Trinajstić information content (AvgIpc) is 1.65. The molecule has 0 heterocycles. The second-order valence-electron chi connectivity index (χ2n) is 2.56. The Kier molecular flexibility index (Phi) is 12.6. The van der Waals surface area contributed by atoms with Gasteiger partial charge in [-0.15, -0.1) is 0 Å². The van der Waals surface area contributed by atoms with Gasteiger partial charge in [0.1, 0.15) is 0 Å².